The Kier molecular flexibility index (Phi) is 6.50. The lowest BCUT2D eigenvalue weighted by molar-refractivity contribution is 0.00420. The predicted molar refractivity (Wildman–Crippen MR) is 75.7 cm³/mol. The van der Waals surface area contributed by atoms with Gasteiger partial charge in [-0.15, -0.1) is 0 Å². The van der Waals surface area contributed by atoms with Gasteiger partial charge in [-0.25, -0.2) is 0 Å². The van der Waals surface area contributed by atoms with E-state index < -0.39 is 10.1 Å². The molecule has 0 saturated heterocycles. The average molecular weight is 316 g/mol. The van der Waals surface area contributed by atoms with Crippen molar-refractivity contribution in [2.45, 2.75) is 9.79 Å². The highest BCUT2D eigenvalue weighted by atomic mass is 32.2. The zero-order chi connectivity index (χ0) is 15.0. The molecule has 0 heterocycles. The Morgan fingerprint density at radius 1 is 1.00 bits per heavy atom. The summed E-state index contributed by atoms with van der Waals surface area (Å²) in [7, 11) is -3.83. The third-order valence-corrected chi connectivity index (χ3v) is 3.17. The zero-order valence-corrected chi connectivity index (χ0v) is 12.2. The highest BCUT2D eigenvalue weighted by Gasteiger charge is 1.96. The van der Waals surface area contributed by atoms with E-state index in [4.69, 9.17) is 5.11 Å². The molecule has 2 aromatic rings. The van der Waals surface area contributed by atoms with Crippen molar-refractivity contribution in [3.63, 3.8) is 0 Å². The lowest BCUT2D eigenvalue weighted by atomic mass is 10.3. The van der Waals surface area contributed by atoms with Crippen LogP contribution in [0.3, 0.4) is 0 Å². The van der Waals surface area contributed by atoms with Crippen molar-refractivity contribution in [1.29, 1.82) is 0 Å². The molecule has 0 amide bonds. The molecule has 2 rings (SSSR count). The van der Waals surface area contributed by atoms with Crippen molar-refractivity contribution in [3.05, 3.63) is 54.6 Å². The molecule has 0 bridgehead atoms. The van der Waals surface area contributed by atoms with Crippen LogP contribution in [-0.2, 0) is 14.5 Å². The first-order valence-corrected chi connectivity index (χ1v) is 8.06. The summed E-state index contributed by atoms with van der Waals surface area (Å²) in [5.41, 5.74) is 0. The lowest BCUT2D eigenvalue weighted by Crippen LogP contribution is -1.92. The van der Waals surface area contributed by atoms with Gasteiger partial charge in [0.05, 0.1) is 6.26 Å². The normalized spacial score (nSPS) is 10.5. The van der Waals surface area contributed by atoms with Crippen LogP contribution < -0.4 is 0 Å². The maximum Gasteiger partial charge on any atom is 0.295 e. The summed E-state index contributed by atoms with van der Waals surface area (Å²) in [6, 6.07) is 17.4. The minimum atomic E-state index is -3.83. The molecule has 0 spiro atoms. The molecule has 108 valence electrons. The molecule has 0 aliphatic carbocycles. The summed E-state index contributed by atoms with van der Waals surface area (Å²) in [6.07, 6.45) is 0.618. The first kappa shape index (κ1) is 16.5. The Morgan fingerprint density at radius 2 is 1.45 bits per heavy atom. The maximum atomic E-state index is 10.4. The summed E-state index contributed by atoms with van der Waals surface area (Å²) in [5.74, 6) is 0.308. The van der Waals surface area contributed by atoms with Gasteiger partial charge in [0, 0.05) is 9.79 Å². The van der Waals surface area contributed by atoms with Crippen LogP contribution in [0.4, 0.5) is 4.53 Å². The third kappa shape index (κ3) is 7.13. The van der Waals surface area contributed by atoms with E-state index in [1.807, 2.05) is 30.3 Å². The molecule has 0 unspecified atom stereocenters. The summed E-state index contributed by atoms with van der Waals surface area (Å²) in [4.78, 5) is 2.34. The van der Waals surface area contributed by atoms with E-state index in [-0.39, 0.29) is 0 Å². The lowest BCUT2D eigenvalue weighted by Gasteiger charge is -2.00. The highest BCUT2D eigenvalue weighted by Crippen LogP contribution is 2.28. The van der Waals surface area contributed by atoms with Gasteiger partial charge in [-0.1, -0.05) is 34.3 Å². The van der Waals surface area contributed by atoms with E-state index in [9.17, 15) is 12.9 Å². The Hall–Kier alpha value is -1.57. The molecule has 20 heavy (non-hydrogen) atoms. The standard InChI is InChI=1S/C12H10OS.CH3FO3S/c13-10-6-8-12(9-7-10)14-11-4-2-1-3-5-11;1-6(3,4)5-2/h1-9,13H;1H3. The van der Waals surface area contributed by atoms with Gasteiger partial charge in [-0.2, -0.15) is 8.42 Å². The molecule has 0 radical (unpaired) electrons. The number of hydrogen-bond acceptors (Lipinski definition) is 5. The average Bonchev–Trinajstić information content (AvgIpc) is 2.43. The van der Waals surface area contributed by atoms with Crippen LogP contribution in [0.1, 0.15) is 0 Å². The second-order valence-electron chi connectivity index (χ2n) is 3.68. The van der Waals surface area contributed by atoms with Crippen molar-refractivity contribution in [3.8, 4) is 5.75 Å². The maximum absolute atomic E-state index is 10.4. The van der Waals surface area contributed by atoms with Gasteiger partial charge in [0.2, 0.25) is 0 Å². The predicted octanol–water partition coefficient (Wildman–Crippen LogP) is 3.39. The van der Waals surface area contributed by atoms with Crippen molar-refractivity contribution < 1.29 is 22.4 Å². The van der Waals surface area contributed by atoms with Crippen LogP contribution in [0.5, 0.6) is 5.75 Å². The highest BCUT2D eigenvalue weighted by molar-refractivity contribution is 7.99. The van der Waals surface area contributed by atoms with Gasteiger partial charge in [0.25, 0.3) is 10.1 Å². The largest absolute Gasteiger partial charge is 0.508 e. The van der Waals surface area contributed by atoms with Crippen molar-refractivity contribution in [1.82, 2.24) is 0 Å². The molecule has 0 aliphatic rings. The molecule has 7 heteroatoms. The van der Waals surface area contributed by atoms with Gasteiger partial charge < -0.3 is 5.11 Å². The second kappa shape index (κ2) is 7.88. The number of phenols is 1. The molecule has 0 aromatic heterocycles. The molecule has 2 aromatic carbocycles. The van der Waals surface area contributed by atoms with Crippen LogP contribution in [0.2, 0.25) is 0 Å². The fraction of sp³-hybridized carbons (Fsp3) is 0.0769. The smallest absolute Gasteiger partial charge is 0.295 e. The quantitative estimate of drug-likeness (QED) is 0.940. The Balaban J connectivity index is 0.000000286. The fourth-order valence-corrected chi connectivity index (χ4v) is 1.98. The van der Waals surface area contributed by atoms with Gasteiger partial charge in [0.15, 0.2) is 0 Å². The molecular formula is C13H13FO4S2. The van der Waals surface area contributed by atoms with E-state index in [2.05, 4.69) is 16.5 Å². The first-order valence-electron chi connectivity index (χ1n) is 5.43. The van der Waals surface area contributed by atoms with Crippen molar-refractivity contribution in [2.24, 2.45) is 0 Å². The van der Waals surface area contributed by atoms with Crippen LogP contribution in [-0.4, -0.2) is 19.8 Å². The number of aromatic hydroxyl groups is 1. The minimum Gasteiger partial charge on any atom is -0.508 e. The van der Waals surface area contributed by atoms with E-state index in [1.165, 1.54) is 4.90 Å². The third-order valence-electron chi connectivity index (χ3n) is 1.93. The topological polar surface area (TPSA) is 63.6 Å². The monoisotopic (exact) mass is 316 g/mol. The number of rotatable bonds is 3. The molecular weight excluding hydrogens is 303 g/mol. The Morgan fingerprint density at radius 3 is 1.90 bits per heavy atom. The van der Waals surface area contributed by atoms with Gasteiger partial charge in [0.1, 0.15) is 5.75 Å². The summed E-state index contributed by atoms with van der Waals surface area (Å²) in [5, 5.41) is 9.11. The van der Waals surface area contributed by atoms with E-state index in [1.54, 1.807) is 23.9 Å². The molecule has 4 nitrogen and oxygen atoms in total. The summed E-state index contributed by atoms with van der Waals surface area (Å²) >= 11 is 1.69. The second-order valence-corrected chi connectivity index (χ2v) is 6.36. The number of benzene rings is 2. The summed E-state index contributed by atoms with van der Waals surface area (Å²) < 4.78 is 31.6. The van der Waals surface area contributed by atoms with Gasteiger partial charge in [-0.05, 0) is 40.9 Å². The van der Waals surface area contributed by atoms with Crippen LogP contribution >= 0.6 is 11.8 Å². The van der Waals surface area contributed by atoms with Crippen LogP contribution in [0, 0.1) is 0 Å². The molecule has 0 aliphatic heterocycles. The fourth-order valence-electron chi connectivity index (χ4n) is 1.14. The van der Waals surface area contributed by atoms with E-state index in [0.29, 0.717) is 12.0 Å². The van der Waals surface area contributed by atoms with Gasteiger partial charge >= 0.3 is 0 Å². The van der Waals surface area contributed by atoms with Crippen molar-refractivity contribution in [2.75, 3.05) is 6.26 Å². The number of halogens is 1. The molecule has 0 fully saturated rings. The Labute approximate surface area is 121 Å². The molecule has 0 atom stereocenters. The van der Waals surface area contributed by atoms with E-state index >= 15 is 0 Å². The number of phenolic OH excluding ortho intramolecular Hbond substituents is 1. The molecule has 1 N–H and O–H groups in total. The SMILES string of the molecule is CS(=O)(=O)OF.Oc1ccc(Sc2ccccc2)cc1. The van der Waals surface area contributed by atoms with Gasteiger partial charge in [-0.3, -0.25) is 0 Å². The zero-order valence-electron chi connectivity index (χ0n) is 10.6. The van der Waals surface area contributed by atoms with Crippen LogP contribution in [0.15, 0.2) is 64.4 Å². The number of hydrogen-bond donors (Lipinski definition) is 1. The van der Waals surface area contributed by atoms with E-state index in [0.717, 1.165) is 4.90 Å². The van der Waals surface area contributed by atoms with Crippen LogP contribution in [0.25, 0.3) is 0 Å². The summed E-state index contributed by atoms with van der Waals surface area (Å²) in [6.45, 7) is 0. The van der Waals surface area contributed by atoms with Crippen molar-refractivity contribution >= 4 is 21.9 Å². The minimum absolute atomic E-state index is 0.308. The molecule has 0 saturated carbocycles. The Bertz CT molecular complexity index is 613. The first-order chi connectivity index (χ1) is 9.40.